The van der Waals surface area contributed by atoms with E-state index in [9.17, 15) is 18.9 Å². The number of aliphatic hydroxyl groups excluding tert-OH is 1. The van der Waals surface area contributed by atoms with Gasteiger partial charge in [-0.3, -0.25) is 9.00 Å². The minimum absolute atomic E-state index is 0.0215. The fraction of sp³-hybridized carbons (Fsp3) is 0.364. The molecule has 0 aliphatic carbocycles. The molecule has 0 radical (unpaired) electrons. The summed E-state index contributed by atoms with van der Waals surface area (Å²) in [6, 6.07) is 16.1. The van der Waals surface area contributed by atoms with Gasteiger partial charge in [0.05, 0.1) is 22.8 Å². The van der Waals surface area contributed by atoms with Crippen LogP contribution in [0.5, 0.6) is 0 Å². The molecule has 2 aliphatic heterocycles. The van der Waals surface area contributed by atoms with E-state index in [4.69, 9.17) is 16.3 Å². The van der Waals surface area contributed by atoms with Gasteiger partial charge in [0, 0.05) is 17.4 Å². The number of nitrogens with zero attached hydrogens (tertiary/aromatic N) is 1. The summed E-state index contributed by atoms with van der Waals surface area (Å²) >= 11 is 6.89. The van der Waals surface area contributed by atoms with E-state index in [-0.39, 0.29) is 18.9 Å². The first kappa shape index (κ1) is 21.0. The predicted molar refractivity (Wildman–Crippen MR) is 112 cm³/mol. The van der Waals surface area contributed by atoms with Crippen molar-refractivity contribution in [1.82, 2.24) is 4.90 Å². The van der Waals surface area contributed by atoms with Crippen LogP contribution in [-0.2, 0) is 31.7 Å². The Morgan fingerprint density at radius 1 is 1.23 bits per heavy atom. The van der Waals surface area contributed by atoms with Crippen LogP contribution >= 0.6 is 11.6 Å². The molecule has 158 valence electrons. The summed E-state index contributed by atoms with van der Waals surface area (Å²) in [5.41, 5.74) is 0.793. The van der Waals surface area contributed by atoms with Gasteiger partial charge in [-0.05, 0) is 24.6 Å². The molecule has 2 aliphatic rings. The Kier molecular flexibility index (Phi) is 5.70. The van der Waals surface area contributed by atoms with E-state index in [1.54, 1.807) is 30.3 Å². The van der Waals surface area contributed by atoms with E-state index < -0.39 is 45.1 Å². The Balaban J connectivity index is 1.64. The fourth-order valence-electron chi connectivity index (χ4n) is 4.28. The summed E-state index contributed by atoms with van der Waals surface area (Å²) in [5, 5.41) is 10.0. The lowest BCUT2D eigenvalue weighted by Crippen LogP contribution is -2.65. The molecule has 1 N–H and O–H groups in total. The third kappa shape index (κ3) is 3.45. The monoisotopic (exact) mass is 447 g/mol. The second kappa shape index (κ2) is 8.13. The molecule has 0 aromatic heterocycles. The van der Waals surface area contributed by atoms with E-state index >= 15 is 0 Å². The van der Waals surface area contributed by atoms with E-state index in [1.807, 2.05) is 30.3 Å². The smallest absolute Gasteiger partial charge is 0.332 e. The molecule has 8 heteroatoms. The number of rotatable bonds is 6. The summed E-state index contributed by atoms with van der Waals surface area (Å²) in [4.78, 5) is 27.6. The lowest BCUT2D eigenvalue weighted by Gasteiger charge is -2.45. The molecule has 2 aromatic carbocycles. The summed E-state index contributed by atoms with van der Waals surface area (Å²) in [6.07, 6.45) is -0.758. The zero-order chi connectivity index (χ0) is 21.5. The maximum absolute atomic E-state index is 13.4. The lowest BCUT2D eigenvalue weighted by atomic mass is 9.84. The van der Waals surface area contributed by atoms with Gasteiger partial charge in [-0.15, -0.1) is 11.6 Å². The molecule has 2 aromatic rings. The van der Waals surface area contributed by atoms with Crippen molar-refractivity contribution in [3.8, 4) is 0 Å². The molecule has 0 spiro atoms. The number of ether oxygens (including phenoxy) is 1. The minimum Gasteiger partial charge on any atom is -0.459 e. The number of alkyl halides is 1. The molecule has 4 rings (SSSR count). The highest BCUT2D eigenvalue weighted by atomic mass is 35.5. The first-order valence-electron chi connectivity index (χ1n) is 9.71. The van der Waals surface area contributed by atoms with E-state index in [0.717, 1.165) is 5.56 Å². The molecule has 6 atom stereocenters. The molecule has 2 fully saturated rings. The second-order valence-electron chi connectivity index (χ2n) is 7.65. The van der Waals surface area contributed by atoms with Crippen molar-refractivity contribution < 1.29 is 23.6 Å². The van der Waals surface area contributed by atoms with Gasteiger partial charge < -0.3 is 14.7 Å². The number of amides is 1. The predicted octanol–water partition coefficient (Wildman–Crippen LogP) is 2.45. The summed E-state index contributed by atoms with van der Waals surface area (Å²) in [6.45, 7) is 1.55. The molecule has 2 heterocycles. The van der Waals surface area contributed by atoms with E-state index in [2.05, 4.69) is 0 Å². The van der Waals surface area contributed by atoms with Crippen LogP contribution in [0.2, 0.25) is 0 Å². The summed E-state index contributed by atoms with van der Waals surface area (Å²) in [7, 11) is -1.78. The standard InChI is InChI=1S/C22H22ClNO5S/c1-14(25)18-17-12-22(23,30(28)16-10-6-3-7-11-16)19(24(17)20(18)26)21(27)29-13-15-8-4-2-5-9-15/h2-11,14,17-19,25H,12-13H2,1H3. The Labute approximate surface area is 182 Å². The Bertz CT molecular complexity index is 970. The highest BCUT2D eigenvalue weighted by Crippen LogP contribution is 2.52. The summed E-state index contributed by atoms with van der Waals surface area (Å²) in [5.74, 6) is -1.73. The van der Waals surface area contributed by atoms with E-state index in [0.29, 0.717) is 4.90 Å². The first-order chi connectivity index (χ1) is 14.3. The zero-order valence-electron chi connectivity index (χ0n) is 16.3. The highest BCUT2D eigenvalue weighted by Gasteiger charge is 2.69. The van der Waals surface area contributed by atoms with Crippen molar-refractivity contribution in [1.29, 1.82) is 0 Å². The Hall–Kier alpha value is -2.22. The number of esters is 1. The molecule has 6 nitrogen and oxygen atoms in total. The highest BCUT2D eigenvalue weighted by molar-refractivity contribution is 7.88. The number of benzene rings is 2. The topological polar surface area (TPSA) is 83.9 Å². The van der Waals surface area contributed by atoms with Crippen LogP contribution in [0.3, 0.4) is 0 Å². The van der Waals surface area contributed by atoms with Gasteiger partial charge in [0.2, 0.25) is 5.91 Å². The minimum atomic E-state index is -1.78. The lowest BCUT2D eigenvalue weighted by molar-refractivity contribution is -0.172. The van der Waals surface area contributed by atoms with Crippen LogP contribution in [0.4, 0.5) is 0 Å². The van der Waals surface area contributed by atoms with Crippen LogP contribution in [-0.4, -0.2) is 48.5 Å². The molecule has 30 heavy (non-hydrogen) atoms. The number of aliphatic hydroxyl groups is 1. The van der Waals surface area contributed by atoms with Crippen molar-refractivity contribution >= 4 is 34.3 Å². The maximum atomic E-state index is 13.4. The van der Waals surface area contributed by atoms with Crippen molar-refractivity contribution in [2.24, 2.45) is 5.92 Å². The fourth-order valence-corrected chi connectivity index (χ4v) is 6.43. The molecule has 6 unspecified atom stereocenters. The number of carbonyl (C=O) groups excluding carboxylic acids is 2. The number of fused-ring (bicyclic) bond motifs is 1. The van der Waals surface area contributed by atoms with E-state index in [1.165, 1.54) is 11.8 Å². The number of hydrogen-bond acceptors (Lipinski definition) is 5. The third-order valence-corrected chi connectivity index (χ3v) is 8.21. The molecule has 1 amide bonds. The Morgan fingerprint density at radius 3 is 2.43 bits per heavy atom. The molecule has 2 saturated heterocycles. The number of hydrogen-bond donors (Lipinski definition) is 1. The molecule has 0 bridgehead atoms. The number of β-lactam (4-membered cyclic amide) rings is 1. The van der Waals surface area contributed by atoms with Crippen LogP contribution < -0.4 is 0 Å². The van der Waals surface area contributed by atoms with Crippen LogP contribution in [0.25, 0.3) is 0 Å². The van der Waals surface area contributed by atoms with Crippen molar-refractivity contribution in [3.05, 3.63) is 66.2 Å². The normalized spacial score (nSPS) is 29.6. The van der Waals surface area contributed by atoms with Crippen molar-refractivity contribution in [3.63, 3.8) is 0 Å². The number of carbonyl (C=O) groups is 2. The molecule has 0 saturated carbocycles. The van der Waals surface area contributed by atoms with Gasteiger partial charge in [0.1, 0.15) is 6.61 Å². The van der Waals surface area contributed by atoms with Crippen LogP contribution in [0, 0.1) is 5.92 Å². The quantitative estimate of drug-likeness (QED) is 0.418. The van der Waals surface area contributed by atoms with Gasteiger partial charge in [-0.25, -0.2) is 4.79 Å². The van der Waals surface area contributed by atoms with Gasteiger partial charge in [0.25, 0.3) is 0 Å². The summed E-state index contributed by atoms with van der Waals surface area (Å²) < 4.78 is 17.4. The van der Waals surface area contributed by atoms with Crippen molar-refractivity contribution in [2.45, 2.75) is 47.2 Å². The first-order valence-corrected chi connectivity index (χ1v) is 11.2. The molecular formula is C22H22ClNO5S. The van der Waals surface area contributed by atoms with Crippen LogP contribution in [0.1, 0.15) is 18.9 Å². The van der Waals surface area contributed by atoms with Gasteiger partial charge in [-0.2, -0.15) is 0 Å². The van der Waals surface area contributed by atoms with Crippen LogP contribution in [0.15, 0.2) is 65.6 Å². The Morgan fingerprint density at radius 2 is 1.83 bits per heavy atom. The SMILES string of the molecule is CC(O)C1C(=O)N2C1CC(Cl)(S(=O)c1ccccc1)C2C(=O)OCc1ccccc1. The van der Waals surface area contributed by atoms with Gasteiger partial charge in [-0.1, -0.05) is 48.5 Å². The van der Waals surface area contributed by atoms with Gasteiger partial charge in [0.15, 0.2) is 10.2 Å². The average Bonchev–Trinajstić information content (AvgIpc) is 3.02. The molecular weight excluding hydrogens is 426 g/mol. The largest absolute Gasteiger partial charge is 0.459 e. The number of halogens is 1. The van der Waals surface area contributed by atoms with Crippen molar-refractivity contribution in [2.75, 3.05) is 0 Å². The zero-order valence-corrected chi connectivity index (χ0v) is 17.9. The second-order valence-corrected chi connectivity index (χ2v) is 10.3. The van der Waals surface area contributed by atoms with Gasteiger partial charge >= 0.3 is 5.97 Å². The maximum Gasteiger partial charge on any atom is 0.332 e. The average molecular weight is 448 g/mol. The third-order valence-electron chi connectivity index (χ3n) is 5.72.